The first-order valence-electron chi connectivity index (χ1n) is 10.4. The number of aryl methyl sites for hydroxylation is 1. The summed E-state index contributed by atoms with van der Waals surface area (Å²) in [7, 11) is 0. The smallest absolute Gasteiger partial charge is 0.328 e. The second kappa shape index (κ2) is 10.9. The van der Waals surface area contributed by atoms with Crippen molar-refractivity contribution in [3.63, 3.8) is 0 Å². The second-order valence-corrected chi connectivity index (χ2v) is 8.58. The van der Waals surface area contributed by atoms with Crippen LogP contribution in [0, 0.1) is 6.92 Å². The number of hydrogen-bond acceptors (Lipinski definition) is 7. The normalized spacial score (nSPS) is 10.3. The van der Waals surface area contributed by atoms with Crippen molar-refractivity contribution in [2.75, 3.05) is 16.0 Å². The number of aromatic nitrogens is 3. The molecule has 0 aliphatic heterocycles. The number of ether oxygens (including phenoxy) is 1. The van der Waals surface area contributed by atoms with Gasteiger partial charge in [-0.2, -0.15) is 15.0 Å². The van der Waals surface area contributed by atoms with E-state index < -0.39 is 5.91 Å². The van der Waals surface area contributed by atoms with E-state index in [4.69, 9.17) is 22.7 Å². The van der Waals surface area contributed by atoms with Crippen LogP contribution >= 0.6 is 28.1 Å². The topological polar surface area (TPSA) is 127 Å². The van der Waals surface area contributed by atoms with Gasteiger partial charge in [0.15, 0.2) is 5.11 Å². The molecule has 0 spiro atoms. The van der Waals surface area contributed by atoms with Gasteiger partial charge in [0.1, 0.15) is 5.75 Å². The molecule has 0 unspecified atom stereocenters. The van der Waals surface area contributed by atoms with Crippen molar-refractivity contribution in [1.29, 1.82) is 0 Å². The van der Waals surface area contributed by atoms with Crippen molar-refractivity contribution in [2.24, 2.45) is 5.73 Å². The lowest BCUT2D eigenvalue weighted by atomic mass is 10.2. The van der Waals surface area contributed by atoms with E-state index in [1.54, 1.807) is 24.3 Å². The fraction of sp³-hybridized carbons (Fsp3) is 0.0417. The zero-order chi connectivity index (χ0) is 24.8. The van der Waals surface area contributed by atoms with Crippen LogP contribution in [-0.2, 0) is 0 Å². The third kappa shape index (κ3) is 6.49. The number of carbonyl (C=O) groups is 1. The van der Waals surface area contributed by atoms with Crippen LogP contribution in [0.25, 0.3) is 0 Å². The summed E-state index contributed by atoms with van der Waals surface area (Å²) in [6, 6.07) is 21.7. The van der Waals surface area contributed by atoms with Crippen LogP contribution in [0.5, 0.6) is 11.8 Å². The molecule has 4 aromatic rings. The lowest BCUT2D eigenvalue weighted by molar-refractivity contribution is 0.0998. The van der Waals surface area contributed by atoms with Crippen LogP contribution in [0.2, 0.25) is 0 Å². The molecule has 0 atom stereocenters. The Labute approximate surface area is 215 Å². The fourth-order valence-corrected chi connectivity index (χ4v) is 3.47. The Morgan fingerprint density at radius 2 is 1.60 bits per heavy atom. The second-order valence-electron chi connectivity index (χ2n) is 7.25. The summed E-state index contributed by atoms with van der Waals surface area (Å²) in [4.78, 5) is 24.8. The van der Waals surface area contributed by atoms with E-state index in [2.05, 4.69) is 46.8 Å². The molecule has 0 aliphatic carbocycles. The third-order valence-corrected chi connectivity index (χ3v) is 5.42. The average Bonchev–Trinajstić information content (AvgIpc) is 2.82. The van der Waals surface area contributed by atoms with Crippen LogP contribution < -0.4 is 26.4 Å². The zero-order valence-electron chi connectivity index (χ0n) is 18.4. The number of para-hydroxylation sites is 2. The predicted molar refractivity (Wildman–Crippen MR) is 143 cm³/mol. The molecule has 176 valence electrons. The van der Waals surface area contributed by atoms with Crippen molar-refractivity contribution < 1.29 is 9.53 Å². The number of anilines is 4. The van der Waals surface area contributed by atoms with E-state index in [0.717, 1.165) is 21.4 Å². The number of primary amides is 1. The zero-order valence-corrected chi connectivity index (χ0v) is 20.9. The Hall–Kier alpha value is -4.09. The lowest BCUT2D eigenvalue weighted by Crippen LogP contribution is -2.21. The number of halogens is 1. The molecule has 11 heteroatoms. The molecule has 0 saturated heterocycles. The number of carbonyl (C=O) groups excluding carboxylic acids is 1. The highest BCUT2D eigenvalue weighted by atomic mass is 79.9. The summed E-state index contributed by atoms with van der Waals surface area (Å²) >= 11 is 8.85. The fourth-order valence-electron chi connectivity index (χ4n) is 3.00. The van der Waals surface area contributed by atoms with Crippen molar-refractivity contribution in [3.8, 4) is 11.8 Å². The van der Waals surface area contributed by atoms with Gasteiger partial charge in [0.25, 0.3) is 5.91 Å². The summed E-state index contributed by atoms with van der Waals surface area (Å²) in [5.74, 6) is -0.0792. The Bertz CT molecular complexity index is 1380. The molecule has 1 amide bonds. The van der Waals surface area contributed by atoms with Gasteiger partial charge in [0.2, 0.25) is 11.9 Å². The third-order valence-electron chi connectivity index (χ3n) is 4.69. The van der Waals surface area contributed by atoms with Crippen molar-refractivity contribution in [2.45, 2.75) is 6.92 Å². The maximum Gasteiger partial charge on any atom is 0.328 e. The first-order valence-corrected chi connectivity index (χ1v) is 11.6. The van der Waals surface area contributed by atoms with E-state index in [0.29, 0.717) is 0 Å². The minimum absolute atomic E-state index is 0.0606. The van der Waals surface area contributed by atoms with Gasteiger partial charge >= 0.3 is 6.01 Å². The van der Waals surface area contributed by atoms with Crippen LogP contribution in [0.1, 0.15) is 15.9 Å². The summed E-state index contributed by atoms with van der Waals surface area (Å²) in [5, 5.41) is 9.46. The molecule has 35 heavy (non-hydrogen) atoms. The number of rotatable bonds is 7. The van der Waals surface area contributed by atoms with E-state index in [1.165, 1.54) is 0 Å². The van der Waals surface area contributed by atoms with Gasteiger partial charge in [-0.3, -0.25) is 4.79 Å². The molecule has 3 aromatic carbocycles. The molecule has 0 aliphatic rings. The monoisotopic (exact) mass is 549 g/mol. The molecule has 9 nitrogen and oxygen atoms in total. The summed E-state index contributed by atoms with van der Waals surface area (Å²) in [5.41, 5.74) is 8.28. The van der Waals surface area contributed by atoms with Crippen molar-refractivity contribution in [3.05, 3.63) is 88.4 Å². The van der Waals surface area contributed by atoms with E-state index >= 15 is 0 Å². The number of benzene rings is 3. The first-order chi connectivity index (χ1) is 16.9. The number of nitrogens with zero attached hydrogens (tertiary/aromatic N) is 3. The quantitative estimate of drug-likeness (QED) is 0.224. The Morgan fingerprint density at radius 3 is 2.34 bits per heavy atom. The minimum atomic E-state index is -0.634. The molecule has 1 aromatic heterocycles. The molecule has 4 rings (SSSR count). The largest absolute Gasteiger partial charge is 0.423 e. The number of thiocarbonyl (C=S) groups is 1. The molecule has 0 bridgehead atoms. The highest BCUT2D eigenvalue weighted by Crippen LogP contribution is 2.25. The number of hydrogen-bond donors (Lipinski definition) is 4. The van der Waals surface area contributed by atoms with Gasteiger partial charge in [-0.1, -0.05) is 46.3 Å². The van der Waals surface area contributed by atoms with Crippen LogP contribution in [-0.4, -0.2) is 26.0 Å². The average molecular weight is 550 g/mol. The lowest BCUT2D eigenvalue weighted by Gasteiger charge is -2.14. The van der Waals surface area contributed by atoms with Crippen LogP contribution in [0.4, 0.5) is 23.3 Å². The van der Waals surface area contributed by atoms with Gasteiger partial charge in [-0.15, -0.1) is 0 Å². The van der Waals surface area contributed by atoms with Crippen LogP contribution in [0.3, 0.4) is 0 Å². The first kappa shape index (κ1) is 24.0. The predicted octanol–water partition coefficient (Wildman–Crippen LogP) is 5.39. The van der Waals surface area contributed by atoms with Crippen molar-refractivity contribution in [1.82, 2.24) is 15.0 Å². The van der Waals surface area contributed by atoms with E-state index in [9.17, 15) is 4.79 Å². The Balaban J connectivity index is 1.63. The van der Waals surface area contributed by atoms with Gasteiger partial charge in [0.05, 0.1) is 5.56 Å². The standard InChI is InChI=1S/C24H20BrN7O2S/c1-14-6-2-4-8-18(14)28-24(35)32-22-29-21(27-16-12-10-15(25)11-13-16)30-23(31-22)34-19-9-5-3-7-17(19)20(26)33/h2-13H,1H3,(H2,26,33)(H3,27,28,29,30,31,32,35). The molecule has 0 radical (unpaired) electrons. The maximum absolute atomic E-state index is 11.8. The Morgan fingerprint density at radius 1 is 0.914 bits per heavy atom. The van der Waals surface area contributed by atoms with Gasteiger partial charge < -0.3 is 26.4 Å². The number of nitrogens with one attached hydrogen (secondary N) is 3. The summed E-state index contributed by atoms with van der Waals surface area (Å²) < 4.78 is 6.74. The van der Waals surface area contributed by atoms with Gasteiger partial charge in [0, 0.05) is 15.8 Å². The van der Waals surface area contributed by atoms with E-state index in [-0.39, 0.29) is 34.3 Å². The highest BCUT2D eigenvalue weighted by molar-refractivity contribution is 9.10. The summed E-state index contributed by atoms with van der Waals surface area (Å²) in [6.07, 6.45) is 0. The highest BCUT2D eigenvalue weighted by Gasteiger charge is 2.14. The molecule has 5 N–H and O–H groups in total. The molecular weight excluding hydrogens is 530 g/mol. The minimum Gasteiger partial charge on any atom is -0.423 e. The van der Waals surface area contributed by atoms with Crippen molar-refractivity contribution >= 4 is 62.4 Å². The number of amides is 1. The van der Waals surface area contributed by atoms with Gasteiger partial charge in [-0.25, -0.2) is 0 Å². The SMILES string of the molecule is Cc1ccccc1NC(=S)Nc1nc(Nc2ccc(Br)cc2)nc(Oc2ccccc2C(N)=O)n1. The summed E-state index contributed by atoms with van der Waals surface area (Å²) in [6.45, 7) is 1.97. The number of nitrogens with two attached hydrogens (primary N) is 1. The van der Waals surface area contributed by atoms with Gasteiger partial charge in [-0.05, 0) is 67.2 Å². The molecular formula is C24H20BrN7O2S. The molecule has 0 saturated carbocycles. The van der Waals surface area contributed by atoms with Crippen LogP contribution in [0.15, 0.2) is 77.3 Å². The maximum atomic E-state index is 11.8. The molecule has 0 fully saturated rings. The molecule has 1 heterocycles. The van der Waals surface area contributed by atoms with E-state index in [1.807, 2.05) is 55.5 Å². The Kier molecular flexibility index (Phi) is 7.48.